The first-order valence-electron chi connectivity index (χ1n) is 7.59. The molecule has 0 aliphatic carbocycles. The van der Waals surface area contributed by atoms with Crippen LogP contribution in [-0.2, 0) is 0 Å². The molecule has 20 heavy (non-hydrogen) atoms. The maximum atomic E-state index is 10.6. The summed E-state index contributed by atoms with van der Waals surface area (Å²) < 4.78 is 0. The molecule has 3 atom stereocenters. The molecule has 1 heterocycles. The summed E-state index contributed by atoms with van der Waals surface area (Å²) in [7, 11) is 0. The van der Waals surface area contributed by atoms with Crippen LogP contribution >= 0.6 is 0 Å². The van der Waals surface area contributed by atoms with Crippen molar-refractivity contribution in [3.05, 3.63) is 42.0 Å². The Balaban J connectivity index is 2.20. The highest BCUT2D eigenvalue weighted by Crippen LogP contribution is 2.26. The normalized spacial score (nSPS) is 28.2. The molecule has 0 amide bonds. The van der Waals surface area contributed by atoms with E-state index in [1.54, 1.807) is 0 Å². The molecule has 110 valence electrons. The van der Waals surface area contributed by atoms with Gasteiger partial charge in [-0.1, -0.05) is 43.7 Å². The molecule has 0 saturated carbocycles. The minimum atomic E-state index is -0.489. The number of nitrogens with two attached hydrogens (primary N) is 1. The molecule has 3 heteroatoms. The Morgan fingerprint density at radius 3 is 2.70 bits per heavy atom. The highest BCUT2D eigenvalue weighted by atomic mass is 16.3. The average Bonchev–Trinajstić information content (AvgIpc) is 2.48. The number of benzene rings is 1. The van der Waals surface area contributed by atoms with E-state index < -0.39 is 6.23 Å². The molecular weight excluding hydrogens is 248 g/mol. The second-order valence-electron chi connectivity index (χ2n) is 5.66. The van der Waals surface area contributed by atoms with Crippen molar-refractivity contribution in [2.45, 2.75) is 45.4 Å². The van der Waals surface area contributed by atoms with Gasteiger partial charge in [0.05, 0.1) is 0 Å². The van der Waals surface area contributed by atoms with Crippen LogP contribution < -0.4 is 10.6 Å². The molecular formula is C17H26N2O. The summed E-state index contributed by atoms with van der Waals surface area (Å²) >= 11 is 0. The smallest absolute Gasteiger partial charge is 0.132 e. The molecule has 0 bridgehead atoms. The van der Waals surface area contributed by atoms with E-state index in [9.17, 15) is 5.11 Å². The molecule has 0 spiro atoms. The summed E-state index contributed by atoms with van der Waals surface area (Å²) in [4.78, 5) is 2.09. The summed E-state index contributed by atoms with van der Waals surface area (Å²) in [6.07, 6.45) is 4.69. The van der Waals surface area contributed by atoms with Crippen molar-refractivity contribution in [3.8, 4) is 0 Å². The fourth-order valence-electron chi connectivity index (χ4n) is 2.85. The second-order valence-corrected chi connectivity index (χ2v) is 5.66. The molecule has 1 aliphatic rings. The Bertz CT molecular complexity index is 444. The lowest BCUT2D eigenvalue weighted by atomic mass is 9.93. The van der Waals surface area contributed by atoms with Gasteiger partial charge in [-0.05, 0) is 31.4 Å². The van der Waals surface area contributed by atoms with Crippen LogP contribution in [0.1, 0.15) is 33.1 Å². The molecule has 1 aromatic rings. The zero-order valence-corrected chi connectivity index (χ0v) is 12.5. The van der Waals surface area contributed by atoms with Gasteiger partial charge in [-0.15, -0.1) is 0 Å². The van der Waals surface area contributed by atoms with Crippen LogP contribution in [0.15, 0.2) is 42.0 Å². The van der Waals surface area contributed by atoms with Gasteiger partial charge in [0.2, 0.25) is 0 Å². The number of para-hydroxylation sites is 1. The predicted octanol–water partition coefficient (Wildman–Crippen LogP) is 2.91. The standard InChI is InChI=1S/C17H26N2O/c1-3-16(18)14-8-7-11-19(17(20)13(2)12-14)15-9-5-4-6-10-15/h4-6,9-10,12-13,16-17,20H,3,7-8,11,18H2,1-2H3/b14-12+. The number of rotatable bonds is 3. The Morgan fingerprint density at radius 2 is 2.05 bits per heavy atom. The maximum Gasteiger partial charge on any atom is 0.132 e. The van der Waals surface area contributed by atoms with E-state index >= 15 is 0 Å². The van der Waals surface area contributed by atoms with E-state index in [0.717, 1.165) is 31.5 Å². The molecule has 0 fully saturated rings. The fourth-order valence-corrected chi connectivity index (χ4v) is 2.85. The Hall–Kier alpha value is -1.32. The lowest BCUT2D eigenvalue weighted by molar-refractivity contribution is 0.129. The van der Waals surface area contributed by atoms with Crippen LogP contribution in [-0.4, -0.2) is 23.9 Å². The topological polar surface area (TPSA) is 49.5 Å². The molecule has 1 aromatic carbocycles. The van der Waals surface area contributed by atoms with E-state index in [-0.39, 0.29) is 12.0 Å². The van der Waals surface area contributed by atoms with E-state index in [2.05, 4.69) is 37.0 Å². The highest BCUT2D eigenvalue weighted by molar-refractivity contribution is 5.47. The van der Waals surface area contributed by atoms with E-state index in [1.807, 2.05) is 18.2 Å². The SMILES string of the molecule is CCC(N)/C1=C/C(C)C(O)N(c2ccccc2)CCC1. The molecule has 3 unspecified atom stereocenters. The number of hydrogen-bond donors (Lipinski definition) is 2. The van der Waals surface area contributed by atoms with Gasteiger partial charge in [0.25, 0.3) is 0 Å². The third kappa shape index (κ3) is 3.41. The minimum absolute atomic E-state index is 0.0862. The van der Waals surface area contributed by atoms with Crippen molar-refractivity contribution < 1.29 is 5.11 Å². The predicted molar refractivity (Wildman–Crippen MR) is 84.5 cm³/mol. The third-order valence-electron chi connectivity index (χ3n) is 4.13. The molecule has 0 aromatic heterocycles. The van der Waals surface area contributed by atoms with Crippen molar-refractivity contribution in [2.24, 2.45) is 11.7 Å². The Morgan fingerprint density at radius 1 is 1.35 bits per heavy atom. The molecule has 2 rings (SSSR count). The average molecular weight is 274 g/mol. The summed E-state index contributed by atoms with van der Waals surface area (Å²) in [5, 5.41) is 10.6. The van der Waals surface area contributed by atoms with Gasteiger partial charge in [0.15, 0.2) is 0 Å². The second kappa shape index (κ2) is 6.91. The third-order valence-corrected chi connectivity index (χ3v) is 4.13. The number of anilines is 1. The van der Waals surface area contributed by atoms with Crippen molar-refractivity contribution in [1.82, 2.24) is 0 Å². The lowest BCUT2D eigenvalue weighted by Crippen LogP contribution is -2.41. The van der Waals surface area contributed by atoms with Crippen molar-refractivity contribution in [3.63, 3.8) is 0 Å². The number of hydrogen-bond acceptors (Lipinski definition) is 3. The van der Waals surface area contributed by atoms with Gasteiger partial charge in [-0.3, -0.25) is 0 Å². The van der Waals surface area contributed by atoms with Crippen LogP contribution in [0.25, 0.3) is 0 Å². The minimum Gasteiger partial charge on any atom is -0.373 e. The van der Waals surface area contributed by atoms with Gasteiger partial charge >= 0.3 is 0 Å². The highest BCUT2D eigenvalue weighted by Gasteiger charge is 2.24. The largest absolute Gasteiger partial charge is 0.373 e. The van der Waals surface area contributed by atoms with Crippen LogP contribution in [0, 0.1) is 5.92 Å². The van der Waals surface area contributed by atoms with Crippen LogP contribution in [0.5, 0.6) is 0 Å². The zero-order valence-electron chi connectivity index (χ0n) is 12.5. The first-order valence-corrected chi connectivity index (χ1v) is 7.59. The fraction of sp³-hybridized carbons (Fsp3) is 0.529. The van der Waals surface area contributed by atoms with Gasteiger partial charge in [0.1, 0.15) is 6.23 Å². The van der Waals surface area contributed by atoms with Crippen LogP contribution in [0.3, 0.4) is 0 Å². The van der Waals surface area contributed by atoms with E-state index in [1.165, 1.54) is 5.57 Å². The van der Waals surface area contributed by atoms with Crippen molar-refractivity contribution in [2.75, 3.05) is 11.4 Å². The first kappa shape index (κ1) is 15.1. The van der Waals surface area contributed by atoms with Gasteiger partial charge in [-0.25, -0.2) is 0 Å². The van der Waals surface area contributed by atoms with Crippen molar-refractivity contribution >= 4 is 5.69 Å². The molecule has 0 radical (unpaired) electrons. The zero-order chi connectivity index (χ0) is 14.5. The molecule has 3 nitrogen and oxygen atoms in total. The molecule has 1 aliphatic heterocycles. The number of nitrogens with zero attached hydrogens (tertiary/aromatic N) is 1. The maximum absolute atomic E-state index is 10.6. The van der Waals surface area contributed by atoms with Crippen molar-refractivity contribution in [1.29, 1.82) is 0 Å². The van der Waals surface area contributed by atoms with E-state index in [4.69, 9.17) is 5.73 Å². The summed E-state index contributed by atoms with van der Waals surface area (Å²) in [6, 6.07) is 10.3. The molecule has 0 saturated heterocycles. The Kier molecular flexibility index (Phi) is 5.21. The quantitative estimate of drug-likeness (QED) is 0.833. The van der Waals surface area contributed by atoms with Gasteiger partial charge in [-0.2, -0.15) is 0 Å². The summed E-state index contributed by atoms with van der Waals surface area (Å²) in [5.41, 5.74) is 8.54. The summed E-state index contributed by atoms with van der Waals surface area (Å²) in [5.74, 6) is 0.0862. The monoisotopic (exact) mass is 274 g/mol. The Labute approximate surface area is 122 Å². The number of aliphatic hydroxyl groups is 1. The lowest BCUT2D eigenvalue weighted by Gasteiger charge is -2.35. The first-order chi connectivity index (χ1) is 9.63. The van der Waals surface area contributed by atoms with Gasteiger partial charge in [0, 0.05) is 24.2 Å². The van der Waals surface area contributed by atoms with Gasteiger partial charge < -0.3 is 15.7 Å². The van der Waals surface area contributed by atoms with E-state index in [0.29, 0.717) is 0 Å². The number of aliphatic hydroxyl groups excluding tert-OH is 1. The van der Waals surface area contributed by atoms with Crippen LogP contribution in [0.2, 0.25) is 0 Å². The van der Waals surface area contributed by atoms with Crippen LogP contribution in [0.4, 0.5) is 5.69 Å². The molecule has 3 N–H and O–H groups in total. The summed E-state index contributed by atoms with van der Waals surface area (Å²) in [6.45, 7) is 5.04.